The molecule has 0 radical (unpaired) electrons. The Labute approximate surface area is 165 Å². The van der Waals surface area contributed by atoms with Crippen LogP contribution in [0, 0.1) is 11.3 Å². The molecule has 0 bridgehead atoms. The highest BCUT2D eigenvalue weighted by atomic mass is 33.1. The van der Waals surface area contributed by atoms with E-state index in [2.05, 4.69) is 22.3 Å². The van der Waals surface area contributed by atoms with Gasteiger partial charge in [-0.25, -0.2) is 0 Å². The molecule has 0 aliphatic carbocycles. The molecule has 0 aliphatic heterocycles. The van der Waals surface area contributed by atoms with Gasteiger partial charge in [0.2, 0.25) is 11.8 Å². The molecule has 26 heavy (non-hydrogen) atoms. The molecule has 0 heterocycles. The first-order chi connectivity index (χ1) is 11.7. The summed E-state index contributed by atoms with van der Waals surface area (Å²) in [4.78, 5) is 38.0. The van der Waals surface area contributed by atoms with Crippen LogP contribution in [-0.4, -0.2) is 60.6 Å². The molecule has 0 aromatic rings. The fourth-order valence-corrected chi connectivity index (χ4v) is 3.25. The molecular weight excluding hydrogens is 370 g/mol. The van der Waals surface area contributed by atoms with Gasteiger partial charge in [-0.3, -0.25) is 14.4 Å². The molecular formula is C18H37N3O3S2. The first kappa shape index (κ1) is 25.1. The van der Waals surface area contributed by atoms with Gasteiger partial charge in [0.25, 0.3) is 5.24 Å². The largest absolute Gasteiger partial charge is 0.356 e. The van der Waals surface area contributed by atoms with Crippen molar-refractivity contribution >= 4 is 37.8 Å². The summed E-state index contributed by atoms with van der Waals surface area (Å²) in [5, 5.41) is 5.68. The van der Waals surface area contributed by atoms with E-state index in [0.717, 1.165) is 12.8 Å². The van der Waals surface area contributed by atoms with Crippen LogP contribution in [0.5, 0.6) is 0 Å². The van der Waals surface area contributed by atoms with Crippen LogP contribution in [0.25, 0.3) is 0 Å². The molecule has 8 heteroatoms. The number of carbonyl (C=O) groups is 3. The summed E-state index contributed by atoms with van der Waals surface area (Å²) in [6.45, 7) is 11.4. The minimum Gasteiger partial charge on any atom is -0.356 e. The highest BCUT2D eigenvalue weighted by Crippen LogP contribution is 2.47. The Bertz CT molecular complexity index is 483. The standard InChI is InChI=1S/C18H37N3O3S2/c1-14(2)12-21(17(24)26(6,7)25)13-15(22)19-10-8-9-11-20-16(23)18(3,4)5/h14,25H,8-13H2,1-7H3,(H,19,22)(H,20,23). The maximum absolute atomic E-state index is 12.5. The fraction of sp³-hybridized carbons (Fsp3) is 0.833. The lowest BCUT2D eigenvalue weighted by Crippen LogP contribution is -2.42. The Morgan fingerprint density at radius 3 is 1.96 bits per heavy atom. The summed E-state index contributed by atoms with van der Waals surface area (Å²) in [6, 6.07) is 0. The van der Waals surface area contributed by atoms with E-state index in [-0.39, 0.29) is 34.9 Å². The van der Waals surface area contributed by atoms with Gasteiger partial charge < -0.3 is 15.5 Å². The maximum Gasteiger partial charge on any atom is 0.272 e. The van der Waals surface area contributed by atoms with Crippen molar-refractivity contribution in [2.75, 3.05) is 38.7 Å². The first-order valence-electron chi connectivity index (χ1n) is 9.05. The lowest BCUT2D eigenvalue weighted by Gasteiger charge is -2.32. The van der Waals surface area contributed by atoms with Crippen LogP contribution in [0.1, 0.15) is 47.5 Å². The molecule has 0 rings (SSSR count). The molecule has 0 fully saturated rings. The summed E-state index contributed by atoms with van der Waals surface area (Å²) in [7, 11) is -1.68. The second-order valence-electron chi connectivity index (χ2n) is 8.38. The minimum atomic E-state index is -1.68. The third-order valence-electron chi connectivity index (χ3n) is 3.50. The topological polar surface area (TPSA) is 78.5 Å². The van der Waals surface area contributed by atoms with Gasteiger partial charge in [0.1, 0.15) is 6.54 Å². The molecule has 2 N–H and O–H groups in total. The first-order valence-corrected chi connectivity index (χ1v) is 12.5. The normalized spacial score (nSPS) is 12.7. The lowest BCUT2D eigenvalue weighted by molar-refractivity contribution is -0.128. The predicted octanol–water partition coefficient (Wildman–Crippen LogP) is 3.03. The van der Waals surface area contributed by atoms with Crippen molar-refractivity contribution in [1.29, 1.82) is 0 Å². The Hall–Kier alpha value is -0.890. The molecule has 0 aromatic carbocycles. The van der Waals surface area contributed by atoms with Crippen molar-refractivity contribution in [2.45, 2.75) is 47.5 Å². The Kier molecular flexibility index (Phi) is 10.7. The SMILES string of the molecule is CC(C)CN(CC(=O)NCCCCNC(=O)C(C)(C)C)C(=O)S(C)(C)S. The Morgan fingerprint density at radius 1 is 1.04 bits per heavy atom. The molecule has 0 aromatic heterocycles. The van der Waals surface area contributed by atoms with Crippen LogP contribution in [-0.2, 0) is 9.59 Å². The van der Waals surface area contributed by atoms with Gasteiger partial charge in [-0.1, -0.05) is 34.6 Å². The van der Waals surface area contributed by atoms with Crippen molar-refractivity contribution in [3.05, 3.63) is 0 Å². The number of rotatable bonds is 9. The Balaban J connectivity index is 4.21. The van der Waals surface area contributed by atoms with Gasteiger partial charge >= 0.3 is 0 Å². The highest BCUT2D eigenvalue weighted by Gasteiger charge is 2.26. The van der Waals surface area contributed by atoms with Crippen molar-refractivity contribution < 1.29 is 14.4 Å². The average molecular weight is 408 g/mol. The maximum atomic E-state index is 12.5. The van der Waals surface area contributed by atoms with Crippen molar-refractivity contribution in [3.63, 3.8) is 0 Å². The number of hydrogen-bond acceptors (Lipinski definition) is 4. The second-order valence-corrected chi connectivity index (χ2v) is 14.0. The zero-order chi connectivity index (χ0) is 20.5. The zero-order valence-electron chi connectivity index (χ0n) is 17.3. The van der Waals surface area contributed by atoms with E-state index in [1.54, 1.807) is 4.90 Å². The fourth-order valence-electron chi connectivity index (χ4n) is 2.13. The zero-order valence-corrected chi connectivity index (χ0v) is 19.1. The Morgan fingerprint density at radius 2 is 1.54 bits per heavy atom. The van der Waals surface area contributed by atoms with E-state index < -0.39 is 9.06 Å². The molecule has 0 atom stereocenters. The summed E-state index contributed by atoms with van der Waals surface area (Å²) in [5.74, 6) is 0.157. The van der Waals surface area contributed by atoms with Gasteiger partial charge in [0.15, 0.2) is 0 Å². The predicted molar refractivity (Wildman–Crippen MR) is 115 cm³/mol. The quantitative estimate of drug-likeness (QED) is 0.312. The van der Waals surface area contributed by atoms with E-state index in [1.165, 1.54) is 0 Å². The van der Waals surface area contributed by atoms with Gasteiger partial charge in [-0.15, -0.1) is 20.7 Å². The minimum absolute atomic E-state index is 0.0289. The third kappa shape index (κ3) is 11.0. The van der Waals surface area contributed by atoms with Crippen LogP contribution in [0.15, 0.2) is 0 Å². The monoisotopic (exact) mass is 407 g/mol. The van der Waals surface area contributed by atoms with E-state index >= 15 is 0 Å². The number of thiol groups is 1. The third-order valence-corrected chi connectivity index (χ3v) is 5.08. The molecule has 154 valence electrons. The summed E-state index contributed by atoms with van der Waals surface area (Å²) in [6.07, 6.45) is 5.20. The number of amides is 3. The number of unbranched alkanes of at least 4 members (excludes halogenated alkanes) is 1. The van der Waals surface area contributed by atoms with Crippen LogP contribution in [0.2, 0.25) is 0 Å². The van der Waals surface area contributed by atoms with E-state index in [1.807, 2.05) is 47.1 Å². The van der Waals surface area contributed by atoms with Crippen molar-refractivity contribution in [3.8, 4) is 0 Å². The van der Waals surface area contributed by atoms with Crippen LogP contribution in [0.3, 0.4) is 0 Å². The van der Waals surface area contributed by atoms with Gasteiger partial charge in [0.05, 0.1) is 0 Å². The number of carbonyl (C=O) groups excluding carboxylic acids is 3. The molecule has 0 spiro atoms. The molecule has 3 amide bonds. The van der Waals surface area contributed by atoms with Crippen molar-refractivity contribution in [1.82, 2.24) is 15.5 Å². The van der Waals surface area contributed by atoms with Crippen LogP contribution >= 0.6 is 20.7 Å². The smallest absolute Gasteiger partial charge is 0.272 e. The molecule has 0 saturated heterocycles. The summed E-state index contributed by atoms with van der Waals surface area (Å²) >= 11 is 4.41. The highest BCUT2D eigenvalue weighted by molar-refractivity contribution is 8.93. The van der Waals surface area contributed by atoms with Crippen molar-refractivity contribution in [2.24, 2.45) is 11.3 Å². The average Bonchev–Trinajstić information content (AvgIpc) is 2.46. The van der Waals surface area contributed by atoms with E-state index in [9.17, 15) is 14.4 Å². The van der Waals surface area contributed by atoms with Crippen LogP contribution < -0.4 is 10.6 Å². The number of nitrogens with one attached hydrogen (secondary N) is 2. The van der Waals surface area contributed by atoms with E-state index in [4.69, 9.17) is 0 Å². The molecule has 0 saturated carbocycles. The number of nitrogens with zero attached hydrogens (tertiary/aromatic N) is 1. The molecule has 0 aliphatic rings. The van der Waals surface area contributed by atoms with E-state index in [0.29, 0.717) is 19.6 Å². The molecule has 0 unspecified atom stereocenters. The summed E-state index contributed by atoms with van der Waals surface area (Å²) in [5.41, 5.74) is -0.386. The summed E-state index contributed by atoms with van der Waals surface area (Å²) < 4.78 is 0. The van der Waals surface area contributed by atoms with Gasteiger partial charge in [0, 0.05) is 25.0 Å². The number of hydrogen-bond donors (Lipinski definition) is 3. The lowest BCUT2D eigenvalue weighted by atomic mass is 9.96. The van der Waals surface area contributed by atoms with Crippen LogP contribution in [0.4, 0.5) is 4.79 Å². The second kappa shape index (κ2) is 11.1. The molecule has 6 nitrogen and oxygen atoms in total. The van der Waals surface area contributed by atoms with Gasteiger partial charge in [-0.05, 0) is 31.3 Å². The van der Waals surface area contributed by atoms with Gasteiger partial charge in [-0.2, -0.15) is 0 Å².